The zero-order chi connectivity index (χ0) is 13.1. The number of furan rings is 1. The van der Waals surface area contributed by atoms with Gasteiger partial charge in [-0.15, -0.1) is 0 Å². The third-order valence-corrected chi connectivity index (χ3v) is 3.94. The number of likely N-dealkylation sites (N-methyl/N-ethyl adjacent to an activating group) is 1. The molecule has 0 aliphatic heterocycles. The molecule has 0 saturated carbocycles. The van der Waals surface area contributed by atoms with Gasteiger partial charge >= 0.3 is 5.97 Å². The second kappa shape index (κ2) is 5.30. The van der Waals surface area contributed by atoms with Crippen LogP contribution in [0, 0.1) is 0 Å². The zero-order valence-corrected chi connectivity index (χ0v) is 9.98. The van der Waals surface area contributed by atoms with Crippen LogP contribution in [-0.4, -0.2) is 48.6 Å². The van der Waals surface area contributed by atoms with Gasteiger partial charge in [-0.3, -0.25) is 0 Å². The van der Waals surface area contributed by atoms with Gasteiger partial charge in [-0.2, -0.15) is 4.31 Å². The van der Waals surface area contributed by atoms with E-state index in [2.05, 4.69) is 0 Å². The molecule has 7 nitrogen and oxygen atoms in total. The number of nitrogens with zero attached hydrogens (tertiary/aromatic N) is 1. The highest BCUT2D eigenvalue weighted by molar-refractivity contribution is 7.89. The van der Waals surface area contributed by atoms with Crippen molar-refractivity contribution in [3.05, 3.63) is 17.9 Å². The summed E-state index contributed by atoms with van der Waals surface area (Å²) in [6, 6.07) is 2.15. The fraction of sp³-hybridized carbons (Fsp3) is 0.444. The van der Waals surface area contributed by atoms with Crippen molar-refractivity contribution in [2.75, 3.05) is 19.7 Å². The lowest BCUT2D eigenvalue weighted by Crippen LogP contribution is -2.33. The summed E-state index contributed by atoms with van der Waals surface area (Å²) in [5, 5.41) is 16.9. The molecule has 1 heterocycles. The molecular formula is C9H13NO6S. The summed E-state index contributed by atoms with van der Waals surface area (Å²) in [4.78, 5) is 10.6. The van der Waals surface area contributed by atoms with Gasteiger partial charge in [0, 0.05) is 13.1 Å². The largest absolute Gasteiger partial charge is 0.475 e. The van der Waals surface area contributed by atoms with Crippen molar-refractivity contribution in [2.45, 2.75) is 12.0 Å². The number of carboxylic acid groups (broad SMARTS) is 1. The molecule has 96 valence electrons. The van der Waals surface area contributed by atoms with E-state index in [1.54, 1.807) is 6.92 Å². The first-order chi connectivity index (χ1) is 7.93. The Hall–Kier alpha value is -1.38. The van der Waals surface area contributed by atoms with E-state index in [1.165, 1.54) is 0 Å². The van der Waals surface area contributed by atoms with Crippen molar-refractivity contribution in [3.63, 3.8) is 0 Å². The van der Waals surface area contributed by atoms with E-state index in [0.717, 1.165) is 16.4 Å². The van der Waals surface area contributed by atoms with E-state index in [-0.39, 0.29) is 19.7 Å². The predicted octanol–water partition coefficient (Wildman–Crippen LogP) is -0.0193. The summed E-state index contributed by atoms with van der Waals surface area (Å²) in [6.45, 7) is 1.38. The van der Waals surface area contributed by atoms with Crippen molar-refractivity contribution in [1.29, 1.82) is 0 Å². The standard InChI is InChI=1S/C9H13NO6S/c1-2-10(5-6-11)17(14,15)8-4-3-7(16-8)9(12)13/h3-4,11H,2,5-6H2,1H3,(H,12,13). The fourth-order valence-electron chi connectivity index (χ4n) is 1.26. The molecule has 0 saturated heterocycles. The molecule has 1 rings (SSSR count). The van der Waals surface area contributed by atoms with Gasteiger partial charge in [-0.1, -0.05) is 6.92 Å². The highest BCUT2D eigenvalue weighted by Crippen LogP contribution is 2.18. The fourth-order valence-corrected chi connectivity index (χ4v) is 2.61. The van der Waals surface area contributed by atoms with Crippen LogP contribution < -0.4 is 0 Å². The van der Waals surface area contributed by atoms with E-state index in [0.29, 0.717) is 0 Å². The average Bonchev–Trinajstić information content (AvgIpc) is 2.75. The molecule has 0 atom stereocenters. The minimum Gasteiger partial charge on any atom is -0.475 e. The first-order valence-corrected chi connectivity index (χ1v) is 6.31. The summed E-state index contributed by atoms with van der Waals surface area (Å²) in [5.74, 6) is -1.78. The van der Waals surface area contributed by atoms with Crippen molar-refractivity contribution >= 4 is 16.0 Å². The van der Waals surface area contributed by atoms with Crippen LogP contribution in [0.3, 0.4) is 0 Å². The minimum atomic E-state index is -3.88. The van der Waals surface area contributed by atoms with Crippen LogP contribution >= 0.6 is 0 Å². The van der Waals surface area contributed by atoms with Crippen LogP contribution in [0.25, 0.3) is 0 Å². The van der Waals surface area contributed by atoms with Gasteiger partial charge in [0.15, 0.2) is 0 Å². The number of aliphatic hydroxyl groups is 1. The third-order valence-electron chi connectivity index (χ3n) is 2.09. The maximum absolute atomic E-state index is 11.9. The van der Waals surface area contributed by atoms with Gasteiger partial charge in [-0.05, 0) is 12.1 Å². The molecular weight excluding hydrogens is 250 g/mol. The maximum atomic E-state index is 11.9. The molecule has 0 fully saturated rings. The number of aromatic carboxylic acids is 1. The Kier molecular flexibility index (Phi) is 4.27. The van der Waals surface area contributed by atoms with Crippen molar-refractivity contribution < 1.29 is 27.8 Å². The van der Waals surface area contributed by atoms with Gasteiger partial charge in [0.05, 0.1) is 6.61 Å². The average molecular weight is 263 g/mol. The quantitative estimate of drug-likeness (QED) is 0.746. The molecule has 0 radical (unpaired) electrons. The summed E-state index contributed by atoms with van der Waals surface area (Å²) in [5.41, 5.74) is 0. The zero-order valence-electron chi connectivity index (χ0n) is 9.16. The Bertz CT molecular complexity index is 491. The third kappa shape index (κ3) is 2.84. The SMILES string of the molecule is CCN(CCO)S(=O)(=O)c1ccc(C(=O)O)o1. The van der Waals surface area contributed by atoms with E-state index in [9.17, 15) is 13.2 Å². The summed E-state index contributed by atoms with van der Waals surface area (Å²) in [6.07, 6.45) is 0. The van der Waals surface area contributed by atoms with Gasteiger partial charge in [0.25, 0.3) is 10.0 Å². The number of hydrogen-bond acceptors (Lipinski definition) is 5. The molecule has 0 amide bonds. The molecule has 8 heteroatoms. The first-order valence-electron chi connectivity index (χ1n) is 4.87. The van der Waals surface area contributed by atoms with Gasteiger partial charge in [-0.25, -0.2) is 13.2 Å². The lowest BCUT2D eigenvalue weighted by atomic mass is 10.5. The summed E-state index contributed by atoms with van der Waals surface area (Å²) in [7, 11) is -3.88. The van der Waals surface area contributed by atoms with E-state index in [4.69, 9.17) is 14.6 Å². The Morgan fingerprint density at radius 3 is 2.53 bits per heavy atom. The van der Waals surface area contributed by atoms with Crippen molar-refractivity contribution in [3.8, 4) is 0 Å². The molecule has 2 N–H and O–H groups in total. The van der Waals surface area contributed by atoms with E-state index < -0.39 is 26.8 Å². The highest BCUT2D eigenvalue weighted by atomic mass is 32.2. The number of rotatable bonds is 6. The van der Waals surface area contributed by atoms with Gasteiger partial charge in [0.2, 0.25) is 10.9 Å². The highest BCUT2D eigenvalue weighted by Gasteiger charge is 2.27. The number of carboxylic acids is 1. The second-order valence-electron chi connectivity index (χ2n) is 3.14. The second-order valence-corrected chi connectivity index (χ2v) is 5.01. The lowest BCUT2D eigenvalue weighted by Gasteiger charge is -2.17. The Morgan fingerprint density at radius 2 is 2.12 bits per heavy atom. The van der Waals surface area contributed by atoms with Crippen LogP contribution in [0.1, 0.15) is 17.5 Å². The summed E-state index contributed by atoms with van der Waals surface area (Å²) < 4.78 is 29.6. The van der Waals surface area contributed by atoms with Crippen molar-refractivity contribution in [1.82, 2.24) is 4.31 Å². The molecule has 0 bridgehead atoms. The Morgan fingerprint density at radius 1 is 1.47 bits per heavy atom. The molecule has 0 spiro atoms. The van der Waals surface area contributed by atoms with E-state index in [1.807, 2.05) is 0 Å². The maximum Gasteiger partial charge on any atom is 0.371 e. The van der Waals surface area contributed by atoms with Crippen LogP contribution in [0.2, 0.25) is 0 Å². The molecule has 1 aromatic rings. The number of hydrogen-bond donors (Lipinski definition) is 2. The van der Waals surface area contributed by atoms with Crippen LogP contribution in [0.5, 0.6) is 0 Å². The Balaban J connectivity index is 3.07. The van der Waals surface area contributed by atoms with Gasteiger partial charge < -0.3 is 14.6 Å². The van der Waals surface area contributed by atoms with Gasteiger partial charge in [0.1, 0.15) is 0 Å². The number of sulfonamides is 1. The normalized spacial score (nSPS) is 11.9. The molecule has 0 aliphatic carbocycles. The van der Waals surface area contributed by atoms with Crippen molar-refractivity contribution in [2.24, 2.45) is 0 Å². The minimum absolute atomic E-state index is 0.0675. The lowest BCUT2D eigenvalue weighted by molar-refractivity contribution is 0.0656. The van der Waals surface area contributed by atoms with Crippen LogP contribution in [-0.2, 0) is 10.0 Å². The molecule has 0 aliphatic rings. The number of aliphatic hydroxyl groups excluding tert-OH is 1. The first kappa shape index (κ1) is 13.7. The van der Waals surface area contributed by atoms with Crippen LogP contribution in [0.4, 0.5) is 0 Å². The number of carbonyl (C=O) groups is 1. The smallest absolute Gasteiger partial charge is 0.371 e. The monoisotopic (exact) mass is 263 g/mol. The van der Waals surface area contributed by atoms with Crippen LogP contribution in [0.15, 0.2) is 21.6 Å². The molecule has 17 heavy (non-hydrogen) atoms. The summed E-state index contributed by atoms with van der Waals surface area (Å²) >= 11 is 0. The molecule has 1 aromatic heterocycles. The topological polar surface area (TPSA) is 108 Å². The Labute approximate surface area is 98.3 Å². The molecule has 0 unspecified atom stereocenters. The van der Waals surface area contributed by atoms with E-state index >= 15 is 0 Å². The molecule has 0 aromatic carbocycles. The predicted molar refractivity (Wildman–Crippen MR) is 57.2 cm³/mol.